The average Bonchev–Trinajstić information content (AvgIpc) is 2.73. The van der Waals surface area contributed by atoms with E-state index in [2.05, 4.69) is 5.32 Å². The maximum atomic E-state index is 11.6. The third kappa shape index (κ3) is 3.55. The van der Waals surface area contributed by atoms with E-state index in [1.54, 1.807) is 18.4 Å². The van der Waals surface area contributed by atoms with Gasteiger partial charge in [-0.2, -0.15) is 0 Å². The number of benzene rings is 1. The summed E-state index contributed by atoms with van der Waals surface area (Å²) in [6.07, 6.45) is 4.92. The van der Waals surface area contributed by atoms with Gasteiger partial charge in [0.25, 0.3) is 5.91 Å². The number of rotatable bonds is 3. The number of carbonyl (C=O) groups excluding carboxylic acids is 2. The molecule has 1 heterocycles. The van der Waals surface area contributed by atoms with E-state index in [0.29, 0.717) is 9.23 Å². The van der Waals surface area contributed by atoms with Gasteiger partial charge in [0, 0.05) is 18.8 Å². The van der Waals surface area contributed by atoms with Gasteiger partial charge >= 0.3 is 0 Å². The van der Waals surface area contributed by atoms with Crippen molar-refractivity contribution < 1.29 is 9.59 Å². The Bertz CT molecular complexity index is 609. The van der Waals surface area contributed by atoms with Crippen LogP contribution in [0.25, 0.3) is 0 Å². The topological polar surface area (TPSA) is 49.4 Å². The molecule has 102 valence electrons. The molecule has 6 heteroatoms. The van der Waals surface area contributed by atoms with Gasteiger partial charge in [-0.3, -0.25) is 14.5 Å². The second-order valence-corrected chi connectivity index (χ2v) is 5.66. The number of nitrogens with one attached hydrogen (secondary N) is 1. The fourth-order valence-corrected chi connectivity index (χ4v) is 2.61. The normalized spacial score (nSPS) is 16.8. The molecule has 4 nitrogen and oxygen atoms in total. The molecule has 0 saturated carbocycles. The molecule has 1 N–H and O–H groups in total. The van der Waals surface area contributed by atoms with E-state index < -0.39 is 0 Å². The molecule has 1 fully saturated rings. The number of thioether (sulfide) groups is 1. The van der Waals surface area contributed by atoms with Crippen LogP contribution in [-0.4, -0.2) is 16.1 Å². The second-order valence-electron chi connectivity index (χ2n) is 3.94. The second kappa shape index (κ2) is 6.49. The number of nitrogens with zero attached hydrogens (tertiary/aromatic N) is 1. The van der Waals surface area contributed by atoms with Crippen molar-refractivity contribution in [3.05, 3.63) is 53.6 Å². The van der Waals surface area contributed by atoms with Crippen molar-refractivity contribution in [2.75, 3.05) is 4.90 Å². The minimum Gasteiger partial charge on any atom is -0.307 e. The molecule has 1 aliphatic rings. The summed E-state index contributed by atoms with van der Waals surface area (Å²) < 4.78 is 0.445. The highest BCUT2D eigenvalue weighted by atomic mass is 32.2. The van der Waals surface area contributed by atoms with Crippen LogP contribution in [0.3, 0.4) is 0 Å². The Balaban J connectivity index is 2.15. The molecule has 20 heavy (non-hydrogen) atoms. The highest BCUT2D eigenvalue weighted by Gasteiger charge is 2.21. The van der Waals surface area contributed by atoms with Crippen molar-refractivity contribution >= 4 is 45.8 Å². The SMILES string of the molecule is CC(=O)N(C=CC=C1SC(=S)NC1=O)c1ccccc1. The summed E-state index contributed by atoms with van der Waals surface area (Å²) in [6, 6.07) is 9.27. The van der Waals surface area contributed by atoms with E-state index >= 15 is 0 Å². The van der Waals surface area contributed by atoms with Crippen LogP contribution in [0.5, 0.6) is 0 Å². The smallest absolute Gasteiger partial charge is 0.263 e. The lowest BCUT2D eigenvalue weighted by atomic mass is 10.3. The maximum Gasteiger partial charge on any atom is 0.263 e. The van der Waals surface area contributed by atoms with E-state index in [1.165, 1.54) is 23.6 Å². The lowest BCUT2D eigenvalue weighted by molar-refractivity contribution is -0.116. The Morgan fingerprint density at radius 2 is 2.05 bits per heavy atom. The van der Waals surface area contributed by atoms with Crippen LogP contribution in [0.15, 0.2) is 53.6 Å². The van der Waals surface area contributed by atoms with Gasteiger partial charge in [0.1, 0.15) is 4.32 Å². The van der Waals surface area contributed by atoms with Crippen LogP contribution >= 0.6 is 24.0 Å². The molecule has 0 radical (unpaired) electrons. The Kier molecular flexibility index (Phi) is 4.70. The molecular formula is C14H12N2O2S2. The van der Waals surface area contributed by atoms with Crippen LogP contribution in [0, 0.1) is 0 Å². The largest absolute Gasteiger partial charge is 0.307 e. The van der Waals surface area contributed by atoms with E-state index in [9.17, 15) is 9.59 Å². The predicted octanol–water partition coefficient (Wildman–Crippen LogP) is 2.59. The number of thiocarbonyl (C=S) groups is 1. The summed E-state index contributed by atoms with van der Waals surface area (Å²) in [7, 11) is 0. The van der Waals surface area contributed by atoms with E-state index in [4.69, 9.17) is 12.2 Å². The molecule has 1 aliphatic heterocycles. The first kappa shape index (κ1) is 14.5. The molecule has 0 aromatic heterocycles. The highest BCUT2D eigenvalue weighted by molar-refractivity contribution is 8.26. The fourth-order valence-electron chi connectivity index (χ4n) is 1.61. The number of amides is 2. The van der Waals surface area contributed by atoms with E-state index in [0.717, 1.165) is 5.69 Å². The summed E-state index contributed by atoms with van der Waals surface area (Å²) >= 11 is 6.10. The molecule has 0 unspecified atom stereocenters. The first-order valence-electron chi connectivity index (χ1n) is 5.84. The number of hydrogen-bond donors (Lipinski definition) is 1. The van der Waals surface area contributed by atoms with Gasteiger partial charge in [0.05, 0.1) is 4.91 Å². The molecule has 1 saturated heterocycles. The van der Waals surface area contributed by atoms with Crippen LogP contribution in [0.1, 0.15) is 6.92 Å². The average molecular weight is 304 g/mol. The van der Waals surface area contributed by atoms with Gasteiger partial charge in [-0.1, -0.05) is 42.2 Å². The van der Waals surface area contributed by atoms with Crippen molar-refractivity contribution in [2.24, 2.45) is 0 Å². The van der Waals surface area contributed by atoms with Crippen LogP contribution in [0.2, 0.25) is 0 Å². The predicted molar refractivity (Wildman–Crippen MR) is 85.2 cm³/mol. The molecule has 0 aliphatic carbocycles. The number of para-hydroxylation sites is 1. The first-order valence-corrected chi connectivity index (χ1v) is 7.07. The quantitative estimate of drug-likeness (QED) is 0.689. The van der Waals surface area contributed by atoms with Gasteiger partial charge in [0.2, 0.25) is 5.91 Å². The molecule has 2 rings (SSSR count). The minimum absolute atomic E-state index is 0.107. The molecule has 0 bridgehead atoms. The molecule has 0 atom stereocenters. The Morgan fingerprint density at radius 3 is 2.60 bits per heavy atom. The molecule has 1 aromatic carbocycles. The summed E-state index contributed by atoms with van der Waals surface area (Å²) in [6.45, 7) is 1.48. The third-order valence-corrected chi connectivity index (χ3v) is 3.68. The molecule has 2 amide bonds. The van der Waals surface area contributed by atoms with Crippen LogP contribution in [0.4, 0.5) is 5.69 Å². The zero-order valence-corrected chi connectivity index (χ0v) is 12.3. The summed E-state index contributed by atoms with van der Waals surface area (Å²) in [4.78, 5) is 25.1. The minimum atomic E-state index is -0.210. The lowest BCUT2D eigenvalue weighted by Gasteiger charge is -2.15. The first-order chi connectivity index (χ1) is 9.58. The molecular weight excluding hydrogens is 292 g/mol. The summed E-state index contributed by atoms with van der Waals surface area (Å²) in [5.74, 6) is -0.316. The highest BCUT2D eigenvalue weighted by Crippen LogP contribution is 2.23. The van der Waals surface area contributed by atoms with Gasteiger partial charge in [-0.05, 0) is 24.3 Å². The number of hydrogen-bond acceptors (Lipinski definition) is 4. The Labute approximate surface area is 126 Å². The maximum absolute atomic E-state index is 11.6. The van der Waals surface area contributed by atoms with Gasteiger partial charge in [0.15, 0.2) is 0 Å². The summed E-state index contributed by atoms with van der Waals surface area (Å²) in [5, 5.41) is 2.53. The third-order valence-electron chi connectivity index (χ3n) is 2.50. The molecule has 1 aromatic rings. The van der Waals surface area contributed by atoms with Crippen molar-refractivity contribution in [1.29, 1.82) is 0 Å². The van der Waals surface area contributed by atoms with Crippen molar-refractivity contribution in [3.8, 4) is 0 Å². The monoisotopic (exact) mass is 304 g/mol. The number of carbonyl (C=O) groups is 2. The van der Waals surface area contributed by atoms with Crippen LogP contribution in [-0.2, 0) is 9.59 Å². The van der Waals surface area contributed by atoms with Crippen molar-refractivity contribution in [2.45, 2.75) is 6.92 Å². The lowest BCUT2D eigenvalue weighted by Crippen LogP contribution is -2.21. The van der Waals surface area contributed by atoms with Crippen molar-refractivity contribution in [1.82, 2.24) is 5.32 Å². The van der Waals surface area contributed by atoms with Crippen molar-refractivity contribution in [3.63, 3.8) is 0 Å². The Hall–Kier alpha value is -1.92. The Morgan fingerprint density at radius 1 is 1.35 bits per heavy atom. The van der Waals surface area contributed by atoms with Gasteiger partial charge < -0.3 is 5.32 Å². The van der Waals surface area contributed by atoms with Gasteiger partial charge in [-0.15, -0.1) is 0 Å². The van der Waals surface area contributed by atoms with E-state index in [1.807, 2.05) is 30.3 Å². The van der Waals surface area contributed by atoms with Gasteiger partial charge in [-0.25, -0.2) is 0 Å². The fraction of sp³-hybridized carbons (Fsp3) is 0.0714. The zero-order valence-electron chi connectivity index (χ0n) is 10.7. The zero-order chi connectivity index (χ0) is 14.5. The number of anilines is 1. The molecule has 0 spiro atoms. The summed E-state index contributed by atoms with van der Waals surface area (Å²) in [5.41, 5.74) is 0.772. The number of allylic oxidation sites excluding steroid dienone is 2. The van der Waals surface area contributed by atoms with E-state index in [-0.39, 0.29) is 11.8 Å². The van der Waals surface area contributed by atoms with Crippen LogP contribution < -0.4 is 10.2 Å². The standard InChI is InChI=1S/C14H12N2O2S2/c1-10(17)16(11-6-3-2-4-7-11)9-5-8-12-13(18)15-14(19)20-12/h2-9H,1H3,(H,15,18,19).